The Morgan fingerprint density at radius 2 is 2.00 bits per heavy atom. The Hall–Kier alpha value is -2.23. The lowest BCUT2D eigenvalue weighted by Gasteiger charge is -2.31. The number of phenols is 1. The highest BCUT2D eigenvalue weighted by Gasteiger charge is 2.36. The standard InChI is InChI=1S/C12H9F3N2O2/c13-12(14,15)9-5-7(4-8(6-16)10(9)18)11(19)17-2-1-3-17/h4-5,18H,1-3H2. The van der Waals surface area contributed by atoms with Crippen LogP contribution in [0.1, 0.15) is 27.9 Å². The molecule has 0 saturated carbocycles. The lowest BCUT2D eigenvalue weighted by atomic mass is 10.0. The second kappa shape index (κ2) is 4.46. The van der Waals surface area contributed by atoms with Gasteiger partial charge in [0.1, 0.15) is 11.8 Å². The third-order valence-corrected chi connectivity index (χ3v) is 2.93. The van der Waals surface area contributed by atoms with E-state index < -0.39 is 29.0 Å². The first kappa shape index (κ1) is 13.2. The quantitative estimate of drug-likeness (QED) is 0.850. The Bertz CT molecular complexity index is 572. The molecule has 1 aromatic carbocycles. The van der Waals surface area contributed by atoms with Crippen LogP contribution in [0.2, 0.25) is 0 Å². The van der Waals surface area contributed by atoms with Crippen molar-refractivity contribution in [1.82, 2.24) is 4.90 Å². The lowest BCUT2D eigenvalue weighted by molar-refractivity contribution is -0.138. The van der Waals surface area contributed by atoms with Gasteiger partial charge in [0.25, 0.3) is 5.91 Å². The van der Waals surface area contributed by atoms with Gasteiger partial charge in [0.05, 0.1) is 11.1 Å². The monoisotopic (exact) mass is 270 g/mol. The number of likely N-dealkylation sites (tertiary alicyclic amines) is 1. The number of carbonyl (C=O) groups excluding carboxylic acids is 1. The van der Waals surface area contributed by atoms with E-state index in [0.717, 1.165) is 12.5 Å². The van der Waals surface area contributed by atoms with E-state index >= 15 is 0 Å². The summed E-state index contributed by atoms with van der Waals surface area (Å²) in [5.74, 6) is -1.71. The van der Waals surface area contributed by atoms with Crippen LogP contribution in [-0.2, 0) is 6.18 Å². The van der Waals surface area contributed by atoms with Crippen molar-refractivity contribution in [3.8, 4) is 11.8 Å². The molecule has 0 aliphatic carbocycles. The molecular formula is C12H9F3N2O2. The summed E-state index contributed by atoms with van der Waals surface area (Å²) in [6.45, 7) is 0.978. The number of nitrogens with zero attached hydrogens (tertiary/aromatic N) is 2. The zero-order valence-corrected chi connectivity index (χ0v) is 9.66. The smallest absolute Gasteiger partial charge is 0.420 e. The first-order valence-corrected chi connectivity index (χ1v) is 5.48. The first-order chi connectivity index (χ1) is 8.84. The molecule has 1 saturated heterocycles. The van der Waals surface area contributed by atoms with E-state index in [1.54, 1.807) is 0 Å². The minimum Gasteiger partial charge on any atom is -0.506 e. The summed E-state index contributed by atoms with van der Waals surface area (Å²) >= 11 is 0. The van der Waals surface area contributed by atoms with Gasteiger partial charge in [-0.3, -0.25) is 4.79 Å². The predicted octanol–water partition coefficient (Wildman–Crippen LogP) is 2.13. The van der Waals surface area contributed by atoms with Gasteiger partial charge in [0.15, 0.2) is 0 Å². The number of halogens is 3. The molecule has 1 aliphatic heterocycles. The summed E-state index contributed by atoms with van der Waals surface area (Å²) in [6.07, 6.45) is -4.01. The molecule has 1 N–H and O–H groups in total. The van der Waals surface area contributed by atoms with Crippen LogP contribution >= 0.6 is 0 Å². The van der Waals surface area contributed by atoms with Crippen LogP contribution in [0.4, 0.5) is 13.2 Å². The van der Waals surface area contributed by atoms with Gasteiger partial charge < -0.3 is 10.0 Å². The summed E-state index contributed by atoms with van der Waals surface area (Å²) in [4.78, 5) is 13.2. The molecule has 0 unspecified atom stereocenters. The normalized spacial score (nSPS) is 14.7. The van der Waals surface area contributed by atoms with Gasteiger partial charge in [-0.2, -0.15) is 18.4 Å². The van der Waals surface area contributed by atoms with E-state index in [2.05, 4.69) is 0 Å². The second-order valence-corrected chi connectivity index (χ2v) is 4.18. The van der Waals surface area contributed by atoms with Gasteiger partial charge in [-0.25, -0.2) is 0 Å². The number of amides is 1. The van der Waals surface area contributed by atoms with E-state index in [-0.39, 0.29) is 5.56 Å². The number of alkyl halides is 3. The highest BCUT2D eigenvalue weighted by Crippen LogP contribution is 2.38. The highest BCUT2D eigenvalue weighted by atomic mass is 19.4. The molecule has 2 rings (SSSR count). The number of hydrogen-bond acceptors (Lipinski definition) is 3. The maximum Gasteiger partial charge on any atom is 0.420 e. The fourth-order valence-corrected chi connectivity index (χ4v) is 1.76. The SMILES string of the molecule is N#Cc1cc(C(=O)N2CCC2)cc(C(F)(F)F)c1O. The van der Waals surface area contributed by atoms with Crippen molar-refractivity contribution in [3.63, 3.8) is 0 Å². The summed E-state index contributed by atoms with van der Waals surface area (Å²) in [5, 5.41) is 18.1. The Morgan fingerprint density at radius 3 is 2.42 bits per heavy atom. The molecule has 1 heterocycles. The van der Waals surface area contributed by atoms with Crippen molar-refractivity contribution < 1.29 is 23.1 Å². The summed E-state index contributed by atoms with van der Waals surface area (Å²) in [5.41, 5.74) is -2.16. The van der Waals surface area contributed by atoms with Crippen molar-refractivity contribution in [2.24, 2.45) is 0 Å². The van der Waals surface area contributed by atoms with Gasteiger partial charge in [-0.15, -0.1) is 0 Å². The van der Waals surface area contributed by atoms with E-state index in [1.807, 2.05) is 0 Å². The Kier molecular flexibility index (Phi) is 3.10. The Morgan fingerprint density at radius 1 is 1.37 bits per heavy atom. The molecule has 1 aromatic rings. The van der Waals surface area contributed by atoms with Crippen LogP contribution in [-0.4, -0.2) is 29.0 Å². The molecule has 19 heavy (non-hydrogen) atoms. The maximum atomic E-state index is 12.7. The van der Waals surface area contributed by atoms with Crippen molar-refractivity contribution >= 4 is 5.91 Å². The third-order valence-electron chi connectivity index (χ3n) is 2.93. The molecule has 7 heteroatoms. The zero-order valence-electron chi connectivity index (χ0n) is 9.66. The third kappa shape index (κ3) is 2.34. The van der Waals surface area contributed by atoms with E-state index in [1.165, 1.54) is 11.0 Å². The molecule has 100 valence electrons. The largest absolute Gasteiger partial charge is 0.506 e. The molecular weight excluding hydrogens is 261 g/mol. The molecule has 0 radical (unpaired) electrons. The summed E-state index contributed by atoms with van der Waals surface area (Å²) in [7, 11) is 0. The van der Waals surface area contributed by atoms with E-state index in [0.29, 0.717) is 19.2 Å². The van der Waals surface area contributed by atoms with E-state index in [4.69, 9.17) is 5.26 Å². The predicted molar refractivity (Wildman–Crippen MR) is 58.3 cm³/mol. The Balaban J connectivity index is 2.51. The van der Waals surface area contributed by atoms with Crippen molar-refractivity contribution in [2.45, 2.75) is 12.6 Å². The van der Waals surface area contributed by atoms with Crippen LogP contribution in [0.25, 0.3) is 0 Å². The van der Waals surface area contributed by atoms with Crippen molar-refractivity contribution in [3.05, 3.63) is 28.8 Å². The average molecular weight is 270 g/mol. The molecule has 1 aliphatic rings. The number of carbonyl (C=O) groups is 1. The summed E-state index contributed by atoms with van der Waals surface area (Å²) < 4.78 is 38.1. The topological polar surface area (TPSA) is 64.3 Å². The van der Waals surface area contributed by atoms with Crippen LogP contribution in [0.15, 0.2) is 12.1 Å². The fraction of sp³-hybridized carbons (Fsp3) is 0.333. The van der Waals surface area contributed by atoms with Crippen LogP contribution < -0.4 is 0 Å². The molecule has 0 atom stereocenters. The number of nitriles is 1. The van der Waals surface area contributed by atoms with E-state index in [9.17, 15) is 23.1 Å². The Labute approximate surface area is 106 Å². The molecule has 0 bridgehead atoms. The van der Waals surface area contributed by atoms with Crippen LogP contribution in [0.3, 0.4) is 0 Å². The van der Waals surface area contributed by atoms with Crippen molar-refractivity contribution in [2.75, 3.05) is 13.1 Å². The molecule has 1 amide bonds. The van der Waals surface area contributed by atoms with Crippen molar-refractivity contribution in [1.29, 1.82) is 5.26 Å². The second-order valence-electron chi connectivity index (χ2n) is 4.18. The van der Waals surface area contributed by atoms with Gasteiger partial charge in [0, 0.05) is 18.7 Å². The number of phenolic OH excluding ortho intramolecular Hbond substituents is 1. The number of aromatic hydroxyl groups is 1. The molecule has 4 nitrogen and oxygen atoms in total. The van der Waals surface area contributed by atoms with Gasteiger partial charge in [-0.05, 0) is 18.6 Å². The highest BCUT2D eigenvalue weighted by molar-refractivity contribution is 5.95. The van der Waals surface area contributed by atoms with Gasteiger partial charge in [0.2, 0.25) is 0 Å². The number of hydrogen-bond donors (Lipinski definition) is 1. The molecule has 1 fully saturated rings. The lowest BCUT2D eigenvalue weighted by Crippen LogP contribution is -2.42. The summed E-state index contributed by atoms with van der Waals surface area (Å²) in [6, 6.07) is 3.01. The minimum atomic E-state index is -4.82. The van der Waals surface area contributed by atoms with Crippen LogP contribution in [0.5, 0.6) is 5.75 Å². The first-order valence-electron chi connectivity index (χ1n) is 5.48. The fourth-order valence-electron chi connectivity index (χ4n) is 1.76. The van der Waals surface area contributed by atoms with Gasteiger partial charge >= 0.3 is 6.18 Å². The molecule has 0 spiro atoms. The number of rotatable bonds is 1. The molecule has 0 aromatic heterocycles. The van der Waals surface area contributed by atoms with Crippen LogP contribution in [0, 0.1) is 11.3 Å². The average Bonchev–Trinajstić information content (AvgIpc) is 2.25. The minimum absolute atomic E-state index is 0.235. The zero-order chi connectivity index (χ0) is 14.2. The van der Waals surface area contributed by atoms with Gasteiger partial charge in [-0.1, -0.05) is 0 Å². The maximum absolute atomic E-state index is 12.7. The number of benzene rings is 1.